The van der Waals surface area contributed by atoms with Gasteiger partial charge in [0.05, 0.1) is 18.1 Å². The molecule has 3 aromatic rings. The highest BCUT2D eigenvalue weighted by Crippen LogP contribution is 2.35. The van der Waals surface area contributed by atoms with Gasteiger partial charge in [0.1, 0.15) is 10.6 Å². The summed E-state index contributed by atoms with van der Waals surface area (Å²) >= 11 is 11.1. The molecule has 0 unspecified atom stereocenters. The van der Waals surface area contributed by atoms with Crippen molar-refractivity contribution in [3.8, 4) is 17.0 Å². The Hall–Kier alpha value is -1.61. The molecular weight excluding hydrogens is 508 g/mol. The number of hydrogen-bond acceptors (Lipinski definition) is 6. The number of nitrogens with zero attached hydrogens (tertiary/aromatic N) is 2. The average molecular weight is 528 g/mol. The number of piperidine rings is 1. The van der Waals surface area contributed by atoms with Crippen LogP contribution in [0.5, 0.6) is 5.75 Å². The molecule has 0 N–H and O–H groups in total. The number of aromatic nitrogens is 1. The topological polar surface area (TPSA) is 59.5 Å². The molecule has 1 aromatic heterocycles. The fourth-order valence-electron chi connectivity index (χ4n) is 3.60. The molecule has 2 heterocycles. The van der Waals surface area contributed by atoms with Crippen LogP contribution in [0.25, 0.3) is 11.3 Å². The molecule has 2 aromatic carbocycles. The number of methoxy groups -OCH3 is 1. The van der Waals surface area contributed by atoms with Crippen molar-refractivity contribution in [3.63, 3.8) is 0 Å². The molecule has 1 fully saturated rings. The van der Waals surface area contributed by atoms with E-state index in [4.69, 9.17) is 21.3 Å². The number of anilines is 1. The average Bonchev–Trinajstić information content (AvgIpc) is 3.24. The molecular formula is C21H20BrClN2O3S2. The summed E-state index contributed by atoms with van der Waals surface area (Å²) in [6.07, 6.45) is 1.06. The van der Waals surface area contributed by atoms with Crippen LogP contribution < -0.4 is 9.64 Å². The Bertz CT molecular complexity index is 1160. The molecule has 9 heteroatoms. The van der Waals surface area contributed by atoms with Gasteiger partial charge in [-0.3, -0.25) is 0 Å². The quantitative estimate of drug-likeness (QED) is 0.427. The first-order chi connectivity index (χ1) is 14.4. The van der Waals surface area contributed by atoms with Crippen molar-refractivity contribution in [2.24, 2.45) is 0 Å². The minimum Gasteiger partial charge on any atom is -0.495 e. The highest BCUT2D eigenvalue weighted by Gasteiger charge is 2.34. The summed E-state index contributed by atoms with van der Waals surface area (Å²) in [6, 6.07) is 12.7. The van der Waals surface area contributed by atoms with Crippen molar-refractivity contribution in [1.82, 2.24) is 4.98 Å². The Labute approximate surface area is 193 Å². The van der Waals surface area contributed by atoms with Crippen LogP contribution in [-0.2, 0) is 9.84 Å². The third-order valence-electron chi connectivity index (χ3n) is 5.20. The van der Waals surface area contributed by atoms with E-state index < -0.39 is 15.1 Å². The first-order valence-electron chi connectivity index (χ1n) is 9.42. The number of hydrogen-bond donors (Lipinski definition) is 0. The maximum absolute atomic E-state index is 13.2. The predicted molar refractivity (Wildman–Crippen MR) is 126 cm³/mol. The third kappa shape index (κ3) is 4.37. The normalized spacial score (nSPS) is 15.4. The van der Waals surface area contributed by atoms with Crippen LogP contribution in [0.15, 0.2) is 57.2 Å². The van der Waals surface area contributed by atoms with Crippen LogP contribution in [-0.4, -0.2) is 38.9 Å². The second-order valence-corrected chi connectivity index (χ2v) is 11.4. The summed E-state index contributed by atoms with van der Waals surface area (Å²) in [4.78, 5) is 7.10. The molecule has 0 atom stereocenters. The van der Waals surface area contributed by atoms with Gasteiger partial charge >= 0.3 is 0 Å². The molecule has 0 bridgehead atoms. The van der Waals surface area contributed by atoms with E-state index >= 15 is 0 Å². The van der Waals surface area contributed by atoms with Crippen molar-refractivity contribution in [3.05, 3.63) is 57.3 Å². The molecule has 1 aliphatic rings. The Kier molecular flexibility index (Phi) is 6.39. The van der Waals surface area contributed by atoms with E-state index in [1.807, 2.05) is 29.6 Å². The van der Waals surface area contributed by atoms with Gasteiger partial charge in [0.25, 0.3) is 0 Å². The lowest BCUT2D eigenvalue weighted by Crippen LogP contribution is -2.39. The minimum absolute atomic E-state index is 0.169. The lowest BCUT2D eigenvalue weighted by molar-refractivity contribution is 0.402. The van der Waals surface area contributed by atoms with Gasteiger partial charge in [0, 0.05) is 33.5 Å². The third-order valence-corrected chi connectivity index (χ3v) is 9.11. The first kappa shape index (κ1) is 21.6. The van der Waals surface area contributed by atoms with E-state index in [1.165, 1.54) is 13.2 Å². The van der Waals surface area contributed by atoms with Crippen LogP contribution in [0.4, 0.5) is 5.13 Å². The minimum atomic E-state index is -3.53. The second kappa shape index (κ2) is 8.86. The van der Waals surface area contributed by atoms with Crippen LogP contribution in [0.1, 0.15) is 12.8 Å². The van der Waals surface area contributed by atoms with E-state index in [1.54, 1.807) is 23.5 Å². The molecule has 5 nitrogen and oxygen atoms in total. The standard InChI is InChI=1S/C21H20BrClN2O3S2/c1-28-19-6-5-16(23)12-20(19)30(26,27)17-7-9-25(10-8-17)21-24-18(13-29-21)14-3-2-4-15(22)11-14/h2-6,11-13,17H,7-10H2,1H3. The molecule has 0 aliphatic carbocycles. The van der Waals surface area contributed by atoms with Crippen molar-refractivity contribution in [2.75, 3.05) is 25.1 Å². The molecule has 0 spiro atoms. The van der Waals surface area contributed by atoms with Gasteiger partial charge in [0.2, 0.25) is 0 Å². The van der Waals surface area contributed by atoms with Crippen LogP contribution in [0.3, 0.4) is 0 Å². The number of halogens is 2. The molecule has 30 heavy (non-hydrogen) atoms. The molecule has 1 aliphatic heterocycles. The summed E-state index contributed by atoms with van der Waals surface area (Å²) in [5.41, 5.74) is 1.98. The van der Waals surface area contributed by atoms with Gasteiger partial charge in [-0.1, -0.05) is 39.7 Å². The highest BCUT2D eigenvalue weighted by atomic mass is 79.9. The zero-order valence-corrected chi connectivity index (χ0v) is 20.2. The van der Waals surface area contributed by atoms with Crippen molar-refractivity contribution in [2.45, 2.75) is 23.0 Å². The Morgan fingerprint density at radius 3 is 2.67 bits per heavy atom. The molecule has 158 valence electrons. The van der Waals surface area contributed by atoms with Crippen molar-refractivity contribution in [1.29, 1.82) is 0 Å². The van der Waals surface area contributed by atoms with Crippen molar-refractivity contribution < 1.29 is 13.2 Å². The van der Waals surface area contributed by atoms with E-state index in [0.29, 0.717) is 36.7 Å². The molecule has 4 rings (SSSR count). The number of ether oxygens (including phenoxy) is 1. The SMILES string of the molecule is COc1ccc(Cl)cc1S(=O)(=O)C1CCN(c2nc(-c3cccc(Br)c3)cs2)CC1. The predicted octanol–water partition coefficient (Wildman–Crippen LogP) is 5.68. The van der Waals surface area contributed by atoms with Gasteiger partial charge in [-0.2, -0.15) is 0 Å². The molecule has 0 amide bonds. The Morgan fingerprint density at radius 1 is 1.20 bits per heavy atom. The van der Waals surface area contributed by atoms with E-state index in [-0.39, 0.29) is 4.90 Å². The lowest BCUT2D eigenvalue weighted by atomic mass is 10.1. The van der Waals surface area contributed by atoms with Gasteiger partial charge in [-0.15, -0.1) is 11.3 Å². The summed E-state index contributed by atoms with van der Waals surface area (Å²) < 4.78 is 32.7. The van der Waals surface area contributed by atoms with Crippen LogP contribution >= 0.6 is 38.9 Å². The molecule has 0 saturated carbocycles. The van der Waals surface area contributed by atoms with Gasteiger partial charge in [-0.25, -0.2) is 13.4 Å². The van der Waals surface area contributed by atoms with Gasteiger partial charge < -0.3 is 9.64 Å². The van der Waals surface area contributed by atoms with E-state index in [0.717, 1.165) is 20.9 Å². The monoisotopic (exact) mass is 526 g/mol. The number of thiazole rings is 1. The van der Waals surface area contributed by atoms with E-state index in [2.05, 4.69) is 20.8 Å². The fraction of sp³-hybridized carbons (Fsp3) is 0.286. The second-order valence-electron chi connectivity index (χ2n) is 7.05. The lowest BCUT2D eigenvalue weighted by Gasteiger charge is -2.31. The number of rotatable bonds is 5. The smallest absolute Gasteiger partial charge is 0.185 e. The first-order valence-corrected chi connectivity index (χ1v) is 13.0. The van der Waals surface area contributed by atoms with E-state index in [9.17, 15) is 8.42 Å². The van der Waals surface area contributed by atoms with Gasteiger partial charge in [-0.05, 0) is 43.2 Å². The summed E-state index contributed by atoms with van der Waals surface area (Å²) in [5.74, 6) is 0.334. The summed E-state index contributed by atoms with van der Waals surface area (Å²) in [6.45, 7) is 1.27. The molecule has 1 saturated heterocycles. The Balaban J connectivity index is 1.49. The summed E-state index contributed by atoms with van der Waals surface area (Å²) in [5, 5.41) is 2.87. The van der Waals surface area contributed by atoms with Crippen LogP contribution in [0.2, 0.25) is 5.02 Å². The van der Waals surface area contributed by atoms with Crippen LogP contribution in [0, 0.1) is 0 Å². The maximum atomic E-state index is 13.2. The van der Waals surface area contributed by atoms with Crippen molar-refractivity contribution >= 4 is 53.8 Å². The maximum Gasteiger partial charge on any atom is 0.185 e. The Morgan fingerprint density at radius 2 is 1.97 bits per heavy atom. The zero-order chi connectivity index (χ0) is 21.3. The van der Waals surface area contributed by atoms with Gasteiger partial charge in [0.15, 0.2) is 15.0 Å². The number of sulfone groups is 1. The fourth-order valence-corrected chi connectivity index (χ4v) is 7.04. The largest absolute Gasteiger partial charge is 0.495 e. The highest BCUT2D eigenvalue weighted by molar-refractivity contribution is 9.10. The summed E-state index contributed by atoms with van der Waals surface area (Å²) in [7, 11) is -2.07. The zero-order valence-electron chi connectivity index (χ0n) is 16.2. The number of benzene rings is 2. The molecule has 0 radical (unpaired) electrons.